The van der Waals surface area contributed by atoms with Crippen molar-refractivity contribution in [2.45, 2.75) is 19.3 Å². The zero-order valence-electron chi connectivity index (χ0n) is 19.6. The molecule has 1 aliphatic heterocycles. The van der Waals surface area contributed by atoms with Gasteiger partial charge in [-0.15, -0.1) is 0 Å². The average Bonchev–Trinajstić information content (AvgIpc) is 2.88. The smallest absolute Gasteiger partial charge is 0.255 e. The van der Waals surface area contributed by atoms with Crippen molar-refractivity contribution in [3.05, 3.63) is 77.9 Å². The standard InChI is InChI=1S/C27H27N3O5/c1-34-23-16-22(30-26(32)17-8-4-3-5-9-17)24(35-2)15-21(23)28-25(31)13-12-19-14-18-10-6-7-11-20(18)29-27(19)33/h3-11,15-16,19H,12-14H2,1-2H3,(H,28,31)(H,29,33)(H,30,32)/t19-/m0/s1. The number of benzene rings is 3. The molecule has 4 rings (SSSR count). The Hall–Kier alpha value is -4.33. The lowest BCUT2D eigenvalue weighted by molar-refractivity contribution is -0.121. The van der Waals surface area contributed by atoms with Crippen molar-refractivity contribution in [2.75, 3.05) is 30.2 Å². The van der Waals surface area contributed by atoms with Gasteiger partial charge in [-0.05, 0) is 36.6 Å². The molecule has 0 aromatic heterocycles. The maximum atomic E-state index is 12.7. The number of fused-ring (bicyclic) bond motifs is 1. The van der Waals surface area contributed by atoms with E-state index in [4.69, 9.17) is 9.47 Å². The Bertz CT molecular complexity index is 1240. The van der Waals surface area contributed by atoms with E-state index < -0.39 is 0 Å². The first-order valence-corrected chi connectivity index (χ1v) is 11.3. The Balaban J connectivity index is 1.42. The van der Waals surface area contributed by atoms with Gasteiger partial charge < -0.3 is 25.4 Å². The molecule has 0 saturated heterocycles. The van der Waals surface area contributed by atoms with Crippen LogP contribution in [-0.4, -0.2) is 31.9 Å². The van der Waals surface area contributed by atoms with E-state index in [2.05, 4.69) is 16.0 Å². The molecule has 8 nitrogen and oxygen atoms in total. The second kappa shape index (κ2) is 10.7. The van der Waals surface area contributed by atoms with Gasteiger partial charge in [0.1, 0.15) is 11.5 Å². The summed E-state index contributed by atoms with van der Waals surface area (Å²) < 4.78 is 10.9. The van der Waals surface area contributed by atoms with E-state index >= 15 is 0 Å². The molecule has 35 heavy (non-hydrogen) atoms. The monoisotopic (exact) mass is 473 g/mol. The second-order valence-electron chi connectivity index (χ2n) is 8.21. The molecule has 0 radical (unpaired) electrons. The quantitative estimate of drug-likeness (QED) is 0.447. The van der Waals surface area contributed by atoms with Gasteiger partial charge in [-0.1, -0.05) is 36.4 Å². The molecule has 3 N–H and O–H groups in total. The number of methoxy groups -OCH3 is 2. The topological polar surface area (TPSA) is 106 Å². The zero-order chi connectivity index (χ0) is 24.8. The van der Waals surface area contributed by atoms with Gasteiger partial charge in [0.25, 0.3) is 5.91 Å². The summed E-state index contributed by atoms with van der Waals surface area (Å²) in [7, 11) is 2.95. The molecule has 3 aromatic rings. The molecule has 1 heterocycles. The lowest BCUT2D eigenvalue weighted by Crippen LogP contribution is -2.30. The molecule has 0 spiro atoms. The van der Waals surface area contributed by atoms with Crippen LogP contribution >= 0.6 is 0 Å². The summed E-state index contributed by atoms with van der Waals surface area (Å²) in [5, 5.41) is 8.56. The number of anilines is 3. The molecule has 0 fully saturated rings. The Kier molecular flexibility index (Phi) is 7.30. The van der Waals surface area contributed by atoms with E-state index in [0.29, 0.717) is 41.3 Å². The van der Waals surface area contributed by atoms with Crippen molar-refractivity contribution >= 4 is 34.8 Å². The average molecular weight is 474 g/mol. The zero-order valence-corrected chi connectivity index (χ0v) is 19.6. The maximum absolute atomic E-state index is 12.7. The molecular weight excluding hydrogens is 446 g/mol. The number of nitrogens with one attached hydrogen (secondary N) is 3. The number of carbonyl (C=O) groups excluding carboxylic acids is 3. The first-order valence-electron chi connectivity index (χ1n) is 11.3. The van der Waals surface area contributed by atoms with E-state index in [1.54, 1.807) is 36.4 Å². The molecule has 8 heteroatoms. The van der Waals surface area contributed by atoms with Crippen LogP contribution in [0.25, 0.3) is 0 Å². The van der Waals surface area contributed by atoms with E-state index in [1.807, 2.05) is 30.3 Å². The molecule has 0 unspecified atom stereocenters. The lowest BCUT2D eigenvalue weighted by Gasteiger charge is -2.24. The fraction of sp³-hybridized carbons (Fsp3) is 0.222. The lowest BCUT2D eigenvalue weighted by atomic mass is 9.89. The van der Waals surface area contributed by atoms with Crippen molar-refractivity contribution in [1.29, 1.82) is 0 Å². The number of carbonyl (C=O) groups is 3. The summed E-state index contributed by atoms with van der Waals surface area (Å²) in [6.07, 6.45) is 1.18. The minimum Gasteiger partial charge on any atom is -0.494 e. The van der Waals surface area contributed by atoms with Crippen LogP contribution in [0.2, 0.25) is 0 Å². The molecular formula is C27H27N3O5. The van der Waals surface area contributed by atoms with Crippen molar-refractivity contribution in [1.82, 2.24) is 0 Å². The van der Waals surface area contributed by atoms with Gasteiger partial charge in [-0.25, -0.2) is 0 Å². The molecule has 3 aromatic carbocycles. The second-order valence-corrected chi connectivity index (χ2v) is 8.21. The van der Waals surface area contributed by atoms with Gasteiger partial charge in [-0.2, -0.15) is 0 Å². The molecule has 3 amide bonds. The van der Waals surface area contributed by atoms with E-state index in [0.717, 1.165) is 11.3 Å². The molecule has 1 atom stereocenters. The maximum Gasteiger partial charge on any atom is 0.255 e. The first-order chi connectivity index (χ1) is 17.0. The summed E-state index contributed by atoms with van der Waals surface area (Å²) in [4.78, 5) is 37.7. The predicted molar refractivity (Wildman–Crippen MR) is 134 cm³/mol. The SMILES string of the molecule is COc1cc(NC(=O)c2ccccc2)c(OC)cc1NC(=O)CC[C@H]1Cc2ccccc2NC1=O. The van der Waals surface area contributed by atoms with Gasteiger partial charge in [-0.3, -0.25) is 14.4 Å². The number of hydrogen-bond acceptors (Lipinski definition) is 5. The highest BCUT2D eigenvalue weighted by Crippen LogP contribution is 2.37. The van der Waals surface area contributed by atoms with Gasteiger partial charge in [0.2, 0.25) is 11.8 Å². The number of ether oxygens (including phenoxy) is 2. The molecule has 0 aliphatic carbocycles. The molecule has 1 aliphatic rings. The fourth-order valence-corrected chi connectivity index (χ4v) is 4.04. The third-order valence-electron chi connectivity index (χ3n) is 5.91. The fourth-order valence-electron chi connectivity index (χ4n) is 4.04. The van der Waals surface area contributed by atoms with Gasteiger partial charge in [0.05, 0.1) is 25.6 Å². The Morgan fingerprint density at radius 2 is 1.54 bits per heavy atom. The van der Waals surface area contributed by atoms with Gasteiger partial charge >= 0.3 is 0 Å². The molecule has 0 saturated carbocycles. The van der Waals surface area contributed by atoms with E-state index in [9.17, 15) is 14.4 Å². The highest BCUT2D eigenvalue weighted by molar-refractivity contribution is 6.05. The minimum absolute atomic E-state index is 0.0748. The van der Waals surface area contributed by atoms with Crippen LogP contribution in [0.1, 0.15) is 28.8 Å². The van der Waals surface area contributed by atoms with Crippen LogP contribution < -0.4 is 25.4 Å². The van der Waals surface area contributed by atoms with Crippen molar-refractivity contribution < 1.29 is 23.9 Å². The normalized spacial score (nSPS) is 14.3. The summed E-state index contributed by atoms with van der Waals surface area (Å²) in [5.41, 5.74) is 3.21. The largest absolute Gasteiger partial charge is 0.494 e. The number of amides is 3. The highest BCUT2D eigenvalue weighted by atomic mass is 16.5. The Labute approximate surface area is 203 Å². The van der Waals surface area contributed by atoms with Crippen LogP contribution in [-0.2, 0) is 16.0 Å². The minimum atomic E-state index is -0.296. The van der Waals surface area contributed by atoms with E-state index in [-0.39, 0.29) is 30.1 Å². The van der Waals surface area contributed by atoms with Crippen LogP contribution in [0.15, 0.2) is 66.7 Å². The van der Waals surface area contributed by atoms with Gasteiger partial charge in [0.15, 0.2) is 0 Å². The van der Waals surface area contributed by atoms with Crippen LogP contribution in [0.3, 0.4) is 0 Å². The summed E-state index contributed by atoms with van der Waals surface area (Å²) in [6, 6.07) is 19.7. The number of para-hydroxylation sites is 1. The predicted octanol–water partition coefficient (Wildman–Crippen LogP) is 4.49. The third-order valence-corrected chi connectivity index (χ3v) is 5.91. The Morgan fingerprint density at radius 1 is 0.914 bits per heavy atom. The summed E-state index contributed by atoms with van der Waals surface area (Å²) in [5.74, 6) is -0.162. The Morgan fingerprint density at radius 3 is 2.23 bits per heavy atom. The van der Waals surface area contributed by atoms with Gasteiger partial charge in [0, 0.05) is 35.7 Å². The third kappa shape index (κ3) is 5.60. The van der Waals surface area contributed by atoms with Crippen molar-refractivity contribution in [2.24, 2.45) is 5.92 Å². The van der Waals surface area contributed by atoms with Crippen LogP contribution in [0.4, 0.5) is 17.1 Å². The highest BCUT2D eigenvalue weighted by Gasteiger charge is 2.26. The number of hydrogen-bond donors (Lipinski definition) is 3. The van der Waals surface area contributed by atoms with Crippen molar-refractivity contribution in [3.63, 3.8) is 0 Å². The summed E-state index contributed by atoms with van der Waals surface area (Å²) in [6.45, 7) is 0. The van der Waals surface area contributed by atoms with E-state index in [1.165, 1.54) is 14.2 Å². The molecule has 0 bridgehead atoms. The number of rotatable bonds is 8. The summed E-state index contributed by atoms with van der Waals surface area (Å²) >= 11 is 0. The van der Waals surface area contributed by atoms with Crippen molar-refractivity contribution in [3.8, 4) is 11.5 Å². The first kappa shape index (κ1) is 23.8. The van der Waals surface area contributed by atoms with Crippen LogP contribution in [0, 0.1) is 5.92 Å². The molecule has 180 valence electrons. The van der Waals surface area contributed by atoms with Crippen LogP contribution in [0.5, 0.6) is 11.5 Å².